The average molecular weight is 540 g/mol. The van der Waals surface area contributed by atoms with Gasteiger partial charge in [0.15, 0.2) is 0 Å². The molecule has 3 aromatic rings. The van der Waals surface area contributed by atoms with E-state index in [-0.39, 0.29) is 12.5 Å². The number of sulfonamides is 1. The van der Waals surface area contributed by atoms with Crippen molar-refractivity contribution in [3.8, 4) is 5.75 Å². The minimum atomic E-state index is -3.39. The molecular weight excluding hydrogens is 502 g/mol. The van der Waals surface area contributed by atoms with Crippen LogP contribution in [0.3, 0.4) is 0 Å². The highest BCUT2D eigenvalue weighted by atomic mass is 32.2. The Balaban J connectivity index is 1.65. The number of hydrogen-bond donors (Lipinski definition) is 2. The maximum absolute atomic E-state index is 13.3. The zero-order valence-electron chi connectivity index (χ0n) is 22.0. The molecule has 0 spiro atoms. The predicted octanol–water partition coefficient (Wildman–Crippen LogP) is 3.85. The number of anilines is 1. The van der Waals surface area contributed by atoms with Gasteiger partial charge in [0.2, 0.25) is 10.0 Å². The molecule has 0 aliphatic heterocycles. The van der Waals surface area contributed by atoms with Crippen molar-refractivity contribution in [2.75, 3.05) is 43.8 Å². The largest absolute Gasteiger partial charge is 0.491 e. The van der Waals surface area contributed by atoms with Crippen molar-refractivity contribution in [3.63, 3.8) is 0 Å². The zero-order chi connectivity index (χ0) is 27.4. The van der Waals surface area contributed by atoms with Crippen LogP contribution in [-0.2, 0) is 16.6 Å². The fourth-order valence-corrected chi connectivity index (χ4v) is 4.63. The lowest BCUT2D eigenvalue weighted by Gasteiger charge is -2.29. The molecule has 0 radical (unpaired) electrons. The van der Waals surface area contributed by atoms with Crippen molar-refractivity contribution in [2.24, 2.45) is 0 Å². The van der Waals surface area contributed by atoms with E-state index < -0.39 is 16.1 Å². The fourth-order valence-electron chi connectivity index (χ4n) is 4.06. The van der Waals surface area contributed by atoms with Gasteiger partial charge < -0.3 is 14.7 Å². The van der Waals surface area contributed by atoms with Gasteiger partial charge in [-0.2, -0.15) is 0 Å². The van der Waals surface area contributed by atoms with Crippen molar-refractivity contribution in [1.82, 2.24) is 9.80 Å². The maximum Gasteiger partial charge on any atom is 0.253 e. The number of carbonyl (C=O) groups excluding carboxylic acids is 1. The Morgan fingerprint density at radius 2 is 1.55 bits per heavy atom. The Hall–Kier alpha value is -3.40. The van der Waals surface area contributed by atoms with Gasteiger partial charge in [-0.15, -0.1) is 0 Å². The number of ether oxygens (including phenoxy) is 1. The van der Waals surface area contributed by atoms with Crippen molar-refractivity contribution < 1.29 is 23.1 Å². The van der Waals surface area contributed by atoms with Crippen LogP contribution in [-0.4, -0.2) is 74.4 Å². The van der Waals surface area contributed by atoms with Gasteiger partial charge in [-0.05, 0) is 48.4 Å². The Kier molecular flexibility index (Phi) is 11.1. The van der Waals surface area contributed by atoms with E-state index in [9.17, 15) is 18.3 Å². The topological polar surface area (TPSA) is 99.2 Å². The molecule has 1 atom stereocenters. The van der Waals surface area contributed by atoms with E-state index in [1.165, 1.54) is 0 Å². The minimum Gasteiger partial charge on any atom is -0.491 e. The van der Waals surface area contributed by atoms with Crippen molar-refractivity contribution >= 4 is 21.6 Å². The van der Waals surface area contributed by atoms with Gasteiger partial charge in [-0.3, -0.25) is 14.4 Å². The first-order valence-electron chi connectivity index (χ1n) is 12.7. The molecule has 0 saturated heterocycles. The van der Waals surface area contributed by atoms with Gasteiger partial charge in [0.25, 0.3) is 5.91 Å². The second-order valence-electron chi connectivity index (χ2n) is 9.24. The molecule has 38 heavy (non-hydrogen) atoms. The second-order valence-corrected chi connectivity index (χ2v) is 11.0. The maximum atomic E-state index is 13.3. The molecule has 0 aromatic heterocycles. The average Bonchev–Trinajstić information content (AvgIpc) is 2.90. The monoisotopic (exact) mass is 539 g/mol. The SMILES string of the molecule is CCCN(CCN(Cc1ccccc1)CC(O)COc1ccccc1)C(=O)c1ccc(NS(C)(=O)=O)cc1. The number of nitrogens with one attached hydrogen (secondary N) is 1. The zero-order valence-corrected chi connectivity index (χ0v) is 22.8. The summed E-state index contributed by atoms with van der Waals surface area (Å²) in [6, 6.07) is 25.8. The van der Waals surface area contributed by atoms with Crippen molar-refractivity contribution in [1.29, 1.82) is 0 Å². The Bertz CT molecular complexity index is 1220. The molecule has 3 aromatic carbocycles. The van der Waals surface area contributed by atoms with E-state index in [0.29, 0.717) is 49.7 Å². The quantitative estimate of drug-likeness (QED) is 0.304. The number of nitrogens with zero attached hydrogens (tertiary/aromatic N) is 2. The first-order valence-corrected chi connectivity index (χ1v) is 14.6. The minimum absolute atomic E-state index is 0.120. The standard InChI is InChI=1S/C29H37N3O5S/c1-3-18-32(29(34)25-14-16-26(17-15-25)30-38(2,35)36)20-19-31(21-24-10-6-4-7-11-24)22-27(33)23-37-28-12-8-5-9-13-28/h4-17,27,30,33H,3,18-23H2,1-2H3. The molecule has 0 heterocycles. The lowest BCUT2D eigenvalue weighted by Crippen LogP contribution is -2.42. The predicted molar refractivity (Wildman–Crippen MR) is 151 cm³/mol. The molecule has 0 aliphatic carbocycles. The number of hydrogen-bond acceptors (Lipinski definition) is 6. The van der Waals surface area contributed by atoms with Crippen LogP contribution in [0.2, 0.25) is 0 Å². The lowest BCUT2D eigenvalue weighted by atomic mass is 10.1. The molecule has 204 valence electrons. The van der Waals surface area contributed by atoms with E-state index in [1.807, 2.05) is 67.6 Å². The fraction of sp³-hybridized carbons (Fsp3) is 0.345. The first kappa shape index (κ1) is 29.2. The summed E-state index contributed by atoms with van der Waals surface area (Å²) in [7, 11) is -3.39. The third-order valence-electron chi connectivity index (χ3n) is 5.81. The summed E-state index contributed by atoms with van der Waals surface area (Å²) in [6.07, 6.45) is 1.18. The van der Waals surface area contributed by atoms with Crippen molar-refractivity contribution in [3.05, 3.63) is 96.1 Å². The Labute approximate surface area is 225 Å². The number of amides is 1. The molecule has 8 nitrogen and oxygen atoms in total. The van der Waals surface area contributed by atoms with Crippen LogP contribution in [0, 0.1) is 0 Å². The van der Waals surface area contributed by atoms with Crippen LogP contribution in [0.1, 0.15) is 29.3 Å². The highest BCUT2D eigenvalue weighted by Gasteiger charge is 2.19. The van der Waals surface area contributed by atoms with Crippen LogP contribution < -0.4 is 9.46 Å². The molecule has 9 heteroatoms. The van der Waals surface area contributed by atoms with E-state index in [0.717, 1.165) is 18.2 Å². The summed E-state index contributed by atoms with van der Waals surface area (Å²) in [4.78, 5) is 17.2. The second kappa shape index (κ2) is 14.5. The number of benzene rings is 3. The van der Waals surface area contributed by atoms with Crippen LogP contribution in [0.25, 0.3) is 0 Å². The molecule has 1 amide bonds. The molecule has 0 fully saturated rings. The smallest absolute Gasteiger partial charge is 0.253 e. The third-order valence-corrected chi connectivity index (χ3v) is 6.41. The molecule has 3 rings (SSSR count). The van der Waals surface area contributed by atoms with Crippen LogP contribution in [0.15, 0.2) is 84.9 Å². The molecule has 0 bridgehead atoms. The molecule has 2 N–H and O–H groups in total. The number of aliphatic hydroxyl groups is 1. The van der Waals surface area contributed by atoms with Crippen LogP contribution >= 0.6 is 0 Å². The van der Waals surface area contributed by atoms with E-state index in [2.05, 4.69) is 9.62 Å². The van der Waals surface area contributed by atoms with Gasteiger partial charge in [0, 0.05) is 44.0 Å². The van der Waals surface area contributed by atoms with E-state index in [4.69, 9.17) is 4.74 Å². The first-order chi connectivity index (χ1) is 18.2. The number of carbonyl (C=O) groups is 1. The van der Waals surface area contributed by atoms with E-state index >= 15 is 0 Å². The van der Waals surface area contributed by atoms with Gasteiger partial charge in [0.1, 0.15) is 18.5 Å². The normalized spacial score (nSPS) is 12.2. The summed E-state index contributed by atoms with van der Waals surface area (Å²) in [5, 5.41) is 10.7. The highest BCUT2D eigenvalue weighted by molar-refractivity contribution is 7.92. The molecule has 1 unspecified atom stereocenters. The lowest BCUT2D eigenvalue weighted by molar-refractivity contribution is 0.0568. The number of aliphatic hydroxyl groups excluding tert-OH is 1. The summed E-state index contributed by atoms with van der Waals surface area (Å²) >= 11 is 0. The Morgan fingerprint density at radius 3 is 2.16 bits per heavy atom. The van der Waals surface area contributed by atoms with E-state index in [1.54, 1.807) is 29.2 Å². The summed E-state index contributed by atoms with van der Waals surface area (Å²) < 4.78 is 31.1. The van der Waals surface area contributed by atoms with Gasteiger partial charge in [-0.1, -0.05) is 55.5 Å². The van der Waals surface area contributed by atoms with Crippen LogP contribution in [0.4, 0.5) is 5.69 Å². The summed E-state index contributed by atoms with van der Waals surface area (Å²) in [5.74, 6) is 0.587. The Morgan fingerprint density at radius 1 is 0.921 bits per heavy atom. The summed E-state index contributed by atoms with van der Waals surface area (Å²) in [6.45, 7) is 4.84. The van der Waals surface area contributed by atoms with Crippen LogP contribution in [0.5, 0.6) is 5.75 Å². The number of rotatable bonds is 15. The summed E-state index contributed by atoms with van der Waals surface area (Å²) in [5.41, 5.74) is 2.02. The molecule has 0 aliphatic rings. The number of para-hydroxylation sites is 1. The van der Waals surface area contributed by atoms with Gasteiger partial charge in [-0.25, -0.2) is 8.42 Å². The molecular formula is C29H37N3O5S. The van der Waals surface area contributed by atoms with Gasteiger partial charge >= 0.3 is 0 Å². The highest BCUT2D eigenvalue weighted by Crippen LogP contribution is 2.14. The van der Waals surface area contributed by atoms with Crippen molar-refractivity contribution in [2.45, 2.75) is 26.0 Å². The van der Waals surface area contributed by atoms with Gasteiger partial charge in [0.05, 0.1) is 6.26 Å². The molecule has 0 saturated carbocycles. The third kappa shape index (κ3) is 10.2.